The summed E-state index contributed by atoms with van der Waals surface area (Å²) >= 11 is 0. The van der Waals surface area contributed by atoms with E-state index in [9.17, 15) is 4.79 Å². The van der Waals surface area contributed by atoms with Crippen LogP contribution in [0.2, 0.25) is 0 Å². The topological polar surface area (TPSA) is 44.1 Å². The Labute approximate surface area is 111 Å². The van der Waals surface area contributed by atoms with Crippen molar-refractivity contribution in [3.63, 3.8) is 0 Å². The molecule has 1 unspecified atom stereocenters. The summed E-state index contributed by atoms with van der Waals surface area (Å²) in [5.74, 6) is 0.271. The molecule has 0 spiro atoms. The number of nitriles is 1. The monoisotopic (exact) mass is 248 g/mol. The van der Waals surface area contributed by atoms with Gasteiger partial charge in [-0.1, -0.05) is 24.6 Å². The van der Waals surface area contributed by atoms with E-state index in [2.05, 4.69) is 26.8 Å². The van der Waals surface area contributed by atoms with Crippen molar-refractivity contribution in [2.75, 3.05) is 14.1 Å². The number of allylic oxidation sites excluding steroid dienone is 3. The number of hydrogen-bond acceptors (Lipinski definition) is 2. The second kappa shape index (κ2) is 8.52. The lowest BCUT2D eigenvalue weighted by atomic mass is 9.99. The van der Waals surface area contributed by atoms with Crippen LogP contribution in [0.5, 0.6) is 0 Å². The van der Waals surface area contributed by atoms with Crippen molar-refractivity contribution in [3.05, 3.63) is 23.3 Å². The van der Waals surface area contributed by atoms with Crippen LogP contribution in [0.3, 0.4) is 0 Å². The van der Waals surface area contributed by atoms with E-state index < -0.39 is 0 Å². The summed E-state index contributed by atoms with van der Waals surface area (Å²) in [7, 11) is 3.32. The lowest BCUT2D eigenvalue weighted by molar-refractivity contribution is -0.124. The van der Waals surface area contributed by atoms with E-state index in [1.807, 2.05) is 6.07 Å². The Kier molecular flexibility index (Phi) is 7.78. The van der Waals surface area contributed by atoms with Crippen LogP contribution in [0.1, 0.15) is 40.0 Å². The Morgan fingerprint density at radius 1 is 1.33 bits per heavy atom. The first-order valence-corrected chi connectivity index (χ1v) is 6.33. The maximum Gasteiger partial charge on any atom is 0.263 e. The average Bonchev–Trinajstić information content (AvgIpc) is 2.28. The Balaban J connectivity index is 4.30. The van der Waals surface area contributed by atoms with Gasteiger partial charge in [0.1, 0.15) is 11.6 Å². The van der Waals surface area contributed by atoms with E-state index >= 15 is 0 Å². The summed E-state index contributed by atoms with van der Waals surface area (Å²) in [6.07, 6.45) is 6.89. The summed E-state index contributed by atoms with van der Waals surface area (Å²) in [5, 5.41) is 8.93. The SMILES string of the molecule is CC(C)=CCCC(C)C/C=C(\C#N)C(=O)N(C)C. The third-order valence-corrected chi connectivity index (χ3v) is 2.69. The molecule has 0 N–H and O–H groups in total. The first-order chi connectivity index (χ1) is 8.38. The fourth-order valence-corrected chi connectivity index (χ4v) is 1.52. The van der Waals surface area contributed by atoms with Gasteiger partial charge in [0.15, 0.2) is 0 Å². The number of carbonyl (C=O) groups excluding carboxylic acids is 1. The van der Waals surface area contributed by atoms with Gasteiger partial charge in [-0.15, -0.1) is 0 Å². The van der Waals surface area contributed by atoms with E-state index in [0.717, 1.165) is 19.3 Å². The molecule has 1 amide bonds. The van der Waals surface area contributed by atoms with Crippen LogP contribution in [0.15, 0.2) is 23.3 Å². The molecule has 0 aliphatic heterocycles. The van der Waals surface area contributed by atoms with Crippen LogP contribution in [0, 0.1) is 17.2 Å². The molecule has 0 fully saturated rings. The molecule has 3 nitrogen and oxygen atoms in total. The molecule has 0 bridgehead atoms. The molecule has 0 aromatic heterocycles. The highest BCUT2D eigenvalue weighted by atomic mass is 16.2. The lowest BCUT2D eigenvalue weighted by Crippen LogP contribution is -2.23. The minimum Gasteiger partial charge on any atom is -0.344 e. The van der Waals surface area contributed by atoms with Crippen molar-refractivity contribution >= 4 is 5.91 Å². The number of rotatable bonds is 6. The van der Waals surface area contributed by atoms with Crippen LogP contribution in [-0.2, 0) is 4.79 Å². The smallest absolute Gasteiger partial charge is 0.263 e. The number of nitrogens with zero attached hydrogens (tertiary/aromatic N) is 2. The van der Waals surface area contributed by atoms with Gasteiger partial charge in [0, 0.05) is 14.1 Å². The molecule has 0 saturated heterocycles. The first-order valence-electron chi connectivity index (χ1n) is 6.33. The third kappa shape index (κ3) is 6.90. The van der Waals surface area contributed by atoms with Gasteiger partial charge in [0.05, 0.1) is 0 Å². The van der Waals surface area contributed by atoms with Crippen LogP contribution in [-0.4, -0.2) is 24.9 Å². The zero-order valence-electron chi connectivity index (χ0n) is 12.2. The van der Waals surface area contributed by atoms with Gasteiger partial charge in [0.25, 0.3) is 5.91 Å². The highest BCUT2D eigenvalue weighted by molar-refractivity contribution is 5.96. The van der Waals surface area contributed by atoms with Gasteiger partial charge in [-0.25, -0.2) is 0 Å². The van der Waals surface area contributed by atoms with E-state index in [1.54, 1.807) is 20.2 Å². The summed E-state index contributed by atoms with van der Waals surface area (Å²) in [4.78, 5) is 13.0. The Hall–Kier alpha value is -1.56. The standard InChI is InChI=1S/C15H24N2O/c1-12(2)7-6-8-13(3)9-10-14(11-16)15(18)17(4)5/h7,10,13H,6,8-9H2,1-5H3/b14-10+. The van der Waals surface area contributed by atoms with Crippen molar-refractivity contribution < 1.29 is 4.79 Å². The quantitative estimate of drug-likeness (QED) is 0.411. The van der Waals surface area contributed by atoms with Gasteiger partial charge in [-0.3, -0.25) is 4.79 Å². The Morgan fingerprint density at radius 2 is 1.94 bits per heavy atom. The number of hydrogen-bond donors (Lipinski definition) is 0. The van der Waals surface area contributed by atoms with Crippen LogP contribution >= 0.6 is 0 Å². The number of amides is 1. The van der Waals surface area contributed by atoms with Gasteiger partial charge in [-0.05, 0) is 39.0 Å². The molecule has 0 radical (unpaired) electrons. The average molecular weight is 248 g/mol. The molecule has 3 heteroatoms. The predicted octanol–water partition coefficient (Wildman–Crippen LogP) is 3.30. The van der Waals surface area contributed by atoms with E-state index in [4.69, 9.17) is 5.26 Å². The highest BCUT2D eigenvalue weighted by Gasteiger charge is 2.11. The maximum absolute atomic E-state index is 11.6. The van der Waals surface area contributed by atoms with Gasteiger partial charge in [0.2, 0.25) is 0 Å². The minimum absolute atomic E-state index is 0.214. The number of likely N-dealkylation sites (N-methyl/N-ethyl adjacent to an activating group) is 1. The van der Waals surface area contributed by atoms with Crippen LogP contribution in [0.4, 0.5) is 0 Å². The van der Waals surface area contributed by atoms with Gasteiger partial charge < -0.3 is 4.90 Å². The molecule has 0 aromatic rings. The Bertz CT molecular complexity index is 368. The highest BCUT2D eigenvalue weighted by Crippen LogP contribution is 2.14. The summed E-state index contributed by atoms with van der Waals surface area (Å²) < 4.78 is 0. The predicted molar refractivity (Wildman–Crippen MR) is 74.8 cm³/mol. The second-order valence-electron chi connectivity index (χ2n) is 5.13. The molecule has 100 valence electrons. The second-order valence-corrected chi connectivity index (χ2v) is 5.13. The molecular weight excluding hydrogens is 224 g/mol. The minimum atomic E-state index is -0.214. The van der Waals surface area contributed by atoms with E-state index in [1.165, 1.54) is 10.5 Å². The largest absolute Gasteiger partial charge is 0.344 e. The number of carbonyl (C=O) groups is 1. The normalized spacial score (nSPS) is 12.6. The molecule has 18 heavy (non-hydrogen) atoms. The fourth-order valence-electron chi connectivity index (χ4n) is 1.52. The third-order valence-electron chi connectivity index (χ3n) is 2.69. The lowest BCUT2D eigenvalue weighted by Gasteiger charge is -2.10. The zero-order chi connectivity index (χ0) is 14.1. The van der Waals surface area contributed by atoms with Crippen molar-refractivity contribution in [2.24, 2.45) is 5.92 Å². The van der Waals surface area contributed by atoms with Gasteiger partial charge in [-0.2, -0.15) is 5.26 Å². The maximum atomic E-state index is 11.6. The Morgan fingerprint density at radius 3 is 2.39 bits per heavy atom. The molecule has 0 saturated carbocycles. The van der Waals surface area contributed by atoms with Crippen molar-refractivity contribution in [1.29, 1.82) is 5.26 Å². The van der Waals surface area contributed by atoms with Crippen molar-refractivity contribution in [2.45, 2.75) is 40.0 Å². The molecule has 0 aromatic carbocycles. The van der Waals surface area contributed by atoms with Crippen molar-refractivity contribution in [1.82, 2.24) is 4.90 Å². The first kappa shape index (κ1) is 16.4. The molecule has 0 aliphatic carbocycles. The zero-order valence-corrected chi connectivity index (χ0v) is 12.2. The summed E-state index contributed by atoms with van der Waals surface area (Å²) in [6, 6.07) is 1.97. The molecule has 1 atom stereocenters. The van der Waals surface area contributed by atoms with Gasteiger partial charge >= 0.3 is 0 Å². The summed E-state index contributed by atoms with van der Waals surface area (Å²) in [5.41, 5.74) is 1.58. The molecule has 0 aliphatic rings. The molecular formula is C15H24N2O. The van der Waals surface area contributed by atoms with Crippen LogP contribution < -0.4 is 0 Å². The van der Waals surface area contributed by atoms with Crippen molar-refractivity contribution in [3.8, 4) is 6.07 Å². The molecule has 0 heterocycles. The molecule has 0 rings (SSSR count). The van der Waals surface area contributed by atoms with E-state index in [-0.39, 0.29) is 11.5 Å². The van der Waals surface area contributed by atoms with E-state index in [0.29, 0.717) is 5.92 Å². The fraction of sp³-hybridized carbons (Fsp3) is 0.600. The summed E-state index contributed by atoms with van der Waals surface area (Å²) in [6.45, 7) is 6.33. The van der Waals surface area contributed by atoms with Crippen LogP contribution in [0.25, 0.3) is 0 Å².